The van der Waals surface area contributed by atoms with E-state index in [4.69, 9.17) is 0 Å². The van der Waals surface area contributed by atoms with Crippen LogP contribution in [0.2, 0.25) is 0 Å². The van der Waals surface area contributed by atoms with Crippen LogP contribution in [-0.4, -0.2) is 6.36 Å². The van der Waals surface area contributed by atoms with Crippen LogP contribution in [0.15, 0.2) is 91.0 Å². The van der Waals surface area contributed by atoms with Crippen LogP contribution in [0.25, 0.3) is 33.4 Å². The summed E-state index contributed by atoms with van der Waals surface area (Å²) >= 11 is 0. The molecule has 0 fully saturated rings. The summed E-state index contributed by atoms with van der Waals surface area (Å²) in [5, 5.41) is 0. The van der Waals surface area contributed by atoms with Gasteiger partial charge >= 0.3 is 12.5 Å². The molecule has 0 N–H and O–H groups in total. The monoisotopic (exact) mass is 692 g/mol. The standard InChI is InChI=1S/C37H26F10O2/c1-2-3-4-5-21-6-8-22(9-7-21)24-12-15-28(29(38)16-24)25-17-32(41)35(33(42)18-25)49-36(43,44)26-19-30(39)34(31(40)20-26)23-10-13-27(14-11-23)48-37(45,46)47/h6-20H,2-5H2,1H3. The van der Waals surface area contributed by atoms with Crippen molar-refractivity contribution in [1.29, 1.82) is 0 Å². The number of unbranched alkanes of at least 4 members (excludes halogenated alkanes) is 2. The first-order valence-corrected chi connectivity index (χ1v) is 15.0. The summed E-state index contributed by atoms with van der Waals surface area (Å²) in [6.07, 6.45) is -5.54. The van der Waals surface area contributed by atoms with E-state index in [1.54, 1.807) is 0 Å². The normalized spacial score (nSPS) is 11.9. The molecule has 5 aromatic rings. The van der Waals surface area contributed by atoms with Crippen molar-refractivity contribution in [3.63, 3.8) is 0 Å². The smallest absolute Gasteiger partial charge is 0.423 e. The van der Waals surface area contributed by atoms with Gasteiger partial charge in [-0.05, 0) is 83.1 Å². The Balaban J connectivity index is 1.34. The minimum atomic E-state index is -5.02. The molecule has 0 saturated heterocycles. The van der Waals surface area contributed by atoms with Gasteiger partial charge in [-0.3, -0.25) is 0 Å². The van der Waals surface area contributed by atoms with Crippen molar-refractivity contribution in [2.24, 2.45) is 0 Å². The van der Waals surface area contributed by atoms with E-state index in [1.807, 2.05) is 24.3 Å². The summed E-state index contributed by atoms with van der Waals surface area (Å²) in [5.41, 5.74) is -0.851. The first-order chi connectivity index (χ1) is 23.1. The highest BCUT2D eigenvalue weighted by Crippen LogP contribution is 2.40. The van der Waals surface area contributed by atoms with Crippen LogP contribution in [0, 0.1) is 29.1 Å². The van der Waals surface area contributed by atoms with Crippen molar-refractivity contribution in [3.05, 3.63) is 131 Å². The highest BCUT2D eigenvalue weighted by Gasteiger charge is 2.39. The van der Waals surface area contributed by atoms with Gasteiger partial charge in [0.1, 0.15) is 23.2 Å². The van der Waals surface area contributed by atoms with Gasteiger partial charge in [0, 0.05) is 5.56 Å². The van der Waals surface area contributed by atoms with Crippen LogP contribution in [-0.2, 0) is 12.5 Å². The van der Waals surface area contributed by atoms with Gasteiger partial charge in [0.2, 0.25) is 0 Å². The van der Waals surface area contributed by atoms with E-state index in [9.17, 15) is 30.7 Å². The van der Waals surface area contributed by atoms with Gasteiger partial charge < -0.3 is 9.47 Å². The molecule has 2 nitrogen and oxygen atoms in total. The molecule has 0 unspecified atom stereocenters. The molecule has 0 radical (unpaired) electrons. The molecule has 0 aliphatic rings. The van der Waals surface area contributed by atoms with Crippen LogP contribution >= 0.6 is 0 Å². The van der Waals surface area contributed by atoms with Crippen molar-refractivity contribution >= 4 is 0 Å². The lowest BCUT2D eigenvalue weighted by atomic mass is 9.98. The topological polar surface area (TPSA) is 18.5 Å². The van der Waals surface area contributed by atoms with Gasteiger partial charge in [-0.25, -0.2) is 22.0 Å². The molecular formula is C37H26F10O2. The van der Waals surface area contributed by atoms with Crippen molar-refractivity contribution in [2.75, 3.05) is 0 Å². The van der Waals surface area contributed by atoms with Gasteiger partial charge in [-0.2, -0.15) is 8.78 Å². The Kier molecular flexibility index (Phi) is 10.3. The van der Waals surface area contributed by atoms with Gasteiger partial charge in [-0.1, -0.05) is 68.3 Å². The third kappa shape index (κ3) is 8.36. The molecule has 0 amide bonds. The van der Waals surface area contributed by atoms with Crippen molar-refractivity contribution in [3.8, 4) is 44.9 Å². The Morgan fingerprint density at radius 2 is 1.08 bits per heavy atom. The van der Waals surface area contributed by atoms with E-state index in [-0.39, 0.29) is 28.8 Å². The van der Waals surface area contributed by atoms with E-state index >= 15 is 13.2 Å². The number of benzene rings is 5. The Labute approximate surface area is 274 Å². The Morgan fingerprint density at radius 3 is 1.63 bits per heavy atom. The number of rotatable bonds is 11. The van der Waals surface area contributed by atoms with Crippen molar-refractivity contribution in [1.82, 2.24) is 0 Å². The fraction of sp³-hybridized carbons (Fsp3) is 0.189. The second kappa shape index (κ2) is 14.2. The molecule has 12 heteroatoms. The maximum absolute atomic E-state index is 15.2. The number of hydrogen-bond acceptors (Lipinski definition) is 2. The summed E-state index contributed by atoms with van der Waals surface area (Å²) in [5.74, 6) is -9.54. The minimum absolute atomic E-state index is 0.152. The quantitative estimate of drug-likeness (QED) is 0.101. The Bertz CT molecular complexity index is 1890. The summed E-state index contributed by atoms with van der Waals surface area (Å²) in [4.78, 5) is 0. The van der Waals surface area contributed by atoms with Gasteiger partial charge in [0.15, 0.2) is 17.4 Å². The zero-order valence-corrected chi connectivity index (χ0v) is 25.6. The zero-order valence-electron chi connectivity index (χ0n) is 25.6. The van der Waals surface area contributed by atoms with Gasteiger partial charge in [-0.15, -0.1) is 13.2 Å². The number of alkyl halides is 5. The summed E-state index contributed by atoms with van der Waals surface area (Å²) in [6, 6.07) is 16.3. The largest absolute Gasteiger partial charge is 0.573 e. The second-order valence-corrected chi connectivity index (χ2v) is 11.1. The van der Waals surface area contributed by atoms with Crippen LogP contribution in [0.4, 0.5) is 43.9 Å². The fourth-order valence-corrected chi connectivity index (χ4v) is 5.21. The molecule has 49 heavy (non-hydrogen) atoms. The highest BCUT2D eigenvalue weighted by atomic mass is 19.4. The molecule has 0 atom stereocenters. The Hall–Kier alpha value is -5.00. The highest BCUT2D eigenvalue weighted by molar-refractivity contribution is 5.72. The molecule has 0 aromatic heterocycles. The van der Waals surface area contributed by atoms with E-state index in [2.05, 4.69) is 16.4 Å². The molecule has 5 rings (SSSR count). The maximum Gasteiger partial charge on any atom is 0.573 e. The molecule has 0 bridgehead atoms. The predicted octanol–water partition coefficient (Wildman–Crippen LogP) is 12.1. The maximum atomic E-state index is 15.2. The molecule has 0 aliphatic carbocycles. The van der Waals surface area contributed by atoms with Crippen LogP contribution < -0.4 is 9.47 Å². The number of aryl methyl sites for hydroxylation is 1. The van der Waals surface area contributed by atoms with E-state index < -0.39 is 64.2 Å². The number of ether oxygens (including phenoxy) is 2. The van der Waals surface area contributed by atoms with Crippen molar-refractivity contribution < 1.29 is 53.4 Å². The first kappa shape index (κ1) is 35.3. The van der Waals surface area contributed by atoms with Crippen LogP contribution in [0.1, 0.15) is 37.3 Å². The third-order valence-electron chi connectivity index (χ3n) is 7.62. The molecule has 0 spiro atoms. The predicted molar refractivity (Wildman–Crippen MR) is 163 cm³/mol. The first-order valence-electron chi connectivity index (χ1n) is 15.0. The van der Waals surface area contributed by atoms with E-state index in [0.717, 1.165) is 55.5 Å². The third-order valence-corrected chi connectivity index (χ3v) is 7.62. The lowest BCUT2D eigenvalue weighted by molar-refractivity contribution is -0.274. The summed E-state index contributed by atoms with van der Waals surface area (Å²) < 4.78 is 150. The summed E-state index contributed by atoms with van der Waals surface area (Å²) in [7, 11) is 0. The lowest BCUT2D eigenvalue weighted by Gasteiger charge is -2.20. The molecule has 256 valence electrons. The molecule has 5 aromatic carbocycles. The number of halogens is 10. The minimum Gasteiger partial charge on any atom is -0.423 e. The van der Waals surface area contributed by atoms with E-state index in [1.165, 1.54) is 18.2 Å². The van der Waals surface area contributed by atoms with Gasteiger partial charge in [0.05, 0.1) is 11.1 Å². The zero-order chi connectivity index (χ0) is 35.5. The average Bonchev–Trinajstić information content (AvgIpc) is 3.03. The Morgan fingerprint density at radius 1 is 0.531 bits per heavy atom. The van der Waals surface area contributed by atoms with Gasteiger partial charge in [0.25, 0.3) is 0 Å². The fourth-order valence-electron chi connectivity index (χ4n) is 5.21. The number of hydrogen-bond donors (Lipinski definition) is 0. The average molecular weight is 693 g/mol. The molecular weight excluding hydrogens is 666 g/mol. The SMILES string of the molecule is CCCCCc1ccc(-c2ccc(-c3cc(F)c(OC(F)(F)c4cc(F)c(-c5ccc(OC(F)(F)F)cc5)c(F)c4)c(F)c3)c(F)c2)cc1. The lowest BCUT2D eigenvalue weighted by Crippen LogP contribution is -2.24. The molecule has 0 aliphatic heterocycles. The second-order valence-electron chi connectivity index (χ2n) is 11.1. The van der Waals surface area contributed by atoms with Crippen LogP contribution in [0.3, 0.4) is 0 Å². The van der Waals surface area contributed by atoms with Crippen molar-refractivity contribution in [2.45, 2.75) is 45.1 Å². The summed E-state index contributed by atoms with van der Waals surface area (Å²) in [6.45, 7) is 2.11. The molecule has 0 heterocycles. The molecule has 0 saturated carbocycles. The van der Waals surface area contributed by atoms with Crippen LogP contribution in [0.5, 0.6) is 11.5 Å². The van der Waals surface area contributed by atoms with E-state index in [0.29, 0.717) is 23.3 Å².